The van der Waals surface area contributed by atoms with Gasteiger partial charge in [-0.05, 0) is 55.0 Å². The van der Waals surface area contributed by atoms with Crippen molar-refractivity contribution < 1.29 is 9.53 Å². The summed E-state index contributed by atoms with van der Waals surface area (Å²) in [6, 6.07) is 5.82. The maximum absolute atomic E-state index is 11.4. The second-order valence-corrected chi connectivity index (χ2v) is 4.32. The van der Waals surface area contributed by atoms with Gasteiger partial charge in [0.2, 0.25) is 0 Å². The Morgan fingerprint density at radius 2 is 2.31 bits per heavy atom. The maximum Gasteiger partial charge on any atom is 0.337 e. The van der Waals surface area contributed by atoms with E-state index in [1.807, 2.05) is 18.2 Å². The van der Waals surface area contributed by atoms with E-state index in [1.165, 1.54) is 18.2 Å². The highest BCUT2D eigenvalue weighted by Crippen LogP contribution is 2.26. The molecule has 3 heteroatoms. The first-order valence-electron chi connectivity index (χ1n) is 5.64. The van der Waals surface area contributed by atoms with Crippen molar-refractivity contribution in [2.24, 2.45) is 11.7 Å². The summed E-state index contributed by atoms with van der Waals surface area (Å²) in [5.41, 5.74) is 8.93. The molecule has 86 valence electrons. The summed E-state index contributed by atoms with van der Waals surface area (Å²) < 4.78 is 4.71. The molecule has 0 radical (unpaired) electrons. The smallest absolute Gasteiger partial charge is 0.337 e. The van der Waals surface area contributed by atoms with E-state index >= 15 is 0 Å². The Hall–Kier alpha value is -1.35. The van der Waals surface area contributed by atoms with Crippen LogP contribution in [0.3, 0.4) is 0 Å². The van der Waals surface area contributed by atoms with Crippen molar-refractivity contribution in [2.45, 2.75) is 19.3 Å². The maximum atomic E-state index is 11.4. The molecule has 1 atom stereocenters. The first-order valence-corrected chi connectivity index (χ1v) is 5.64. The third-order valence-corrected chi connectivity index (χ3v) is 3.29. The van der Waals surface area contributed by atoms with Gasteiger partial charge in [-0.25, -0.2) is 4.79 Å². The lowest BCUT2D eigenvalue weighted by Gasteiger charge is -2.23. The van der Waals surface area contributed by atoms with Crippen LogP contribution >= 0.6 is 0 Å². The van der Waals surface area contributed by atoms with Crippen LogP contribution in [0.2, 0.25) is 0 Å². The Kier molecular flexibility index (Phi) is 3.25. The Balaban J connectivity index is 2.24. The van der Waals surface area contributed by atoms with Crippen LogP contribution in [0.25, 0.3) is 0 Å². The van der Waals surface area contributed by atoms with Crippen molar-refractivity contribution in [3.8, 4) is 0 Å². The first kappa shape index (κ1) is 11.1. The topological polar surface area (TPSA) is 52.3 Å². The Bertz CT molecular complexity index is 401. The quantitative estimate of drug-likeness (QED) is 0.767. The van der Waals surface area contributed by atoms with Crippen molar-refractivity contribution in [1.29, 1.82) is 0 Å². The molecule has 0 saturated carbocycles. The lowest BCUT2D eigenvalue weighted by molar-refractivity contribution is 0.0600. The Labute approximate surface area is 95.6 Å². The van der Waals surface area contributed by atoms with Crippen LogP contribution in [-0.4, -0.2) is 19.6 Å². The zero-order chi connectivity index (χ0) is 11.5. The third-order valence-electron chi connectivity index (χ3n) is 3.29. The zero-order valence-electron chi connectivity index (χ0n) is 9.53. The van der Waals surface area contributed by atoms with Crippen LogP contribution < -0.4 is 5.73 Å². The molecule has 0 aromatic heterocycles. The van der Waals surface area contributed by atoms with E-state index in [-0.39, 0.29) is 5.97 Å². The summed E-state index contributed by atoms with van der Waals surface area (Å²) in [5.74, 6) is 0.334. The highest BCUT2D eigenvalue weighted by molar-refractivity contribution is 5.89. The molecule has 0 heterocycles. The van der Waals surface area contributed by atoms with Crippen LogP contribution in [-0.2, 0) is 17.6 Å². The van der Waals surface area contributed by atoms with E-state index in [2.05, 4.69) is 0 Å². The molecule has 3 nitrogen and oxygen atoms in total. The molecule has 0 spiro atoms. The number of aryl methyl sites for hydroxylation is 1. The number of ether oxygens (including phenoxy) is 1. The van der Waals surface area contributed by atoms with Gasteiger partial charge in [0.25, 0.3) is 0 Å². The summed E-state index contributed by atoms with van der Waals surface area (Å²) in [7, 11) is 1.41. The molecule has 0 amide bonds. The van der Waals surface area contributed by atoms with Gasteiger partial charge in [-0.3, -0.25) is 0 Å². The van der Waals surface area contributed by atoms with E-state index < -0.39 is 0 Å². The van der Waals surface area contributed by atoms with Crippen molar-refractivity contribution >= 4 is 5.97 Å². The third kappa shape index (κ3) is 2.09. The summed E-state index contributed by atoms with van der Waals surface area (Å²) in [4.78, 5) is 11.4. The average Bonchev–Trinajstić information content (AvgIpc) is 2.36. The monoisotopic (exact) mass is 219 g/mol. The number of nitrogens with two attached hydrogens (primary N) is 1. The normalized spacial score (nSPS) is 19.0. The van der Waals surface area contributed by atoms with Crippen LogP contribution in [0.15, 0.2) is 18.2 Å². The van der Waals surface area contributed by atoms with Gasteiger partial charge in [0.1, 0.15) is 0 Å². The largest absolute Gasteiger partial charge is 0.465 e. The molecule has 1 aliphatic rings. The van der Waals surface area contributed by atoms with Crippen molar-refractivity contribution in [2.75, 3.05) is 13.7 Å². The molecular formula is C13H17NO2. The molecule has 0 saturated heterocycles. The predicted molar refractivity (Wildman–Crippen MR) is 62.4 cm³/mol. The molecule has 1 aliphatic carbocycles. The van der Waals surface area contributed by atoms with Crippen molar-refractivity contribution in [1.82, 2.24) is 0 Å². The number of esters is 1. The van der Waals surface area contributed by atoms with E-state index in [0.717, 1.165) is 25.8 Å². The van der Waals surface area contributed by atoms with Gasteiger partial charge in [-0.2, -0.15) is 0 Å². The fourth-order valence-corrected chi connectivity index (χ4v) is 2.28. The molecular weight excluding hydrogens is 202 g/mol. The number of carbonyl (C=O) groups is 1. The van der Waals surface area contributed by atoms with Gasteiger partial charge in [0.15, 0.2) is 0 Å². The second kappa shape index (κ2) is 4.66. The molecule has 0 aliphatic heterocycles. The molecule has 2 rings (SSSR count). The zero-order valence-corrected chi connectivity index (χ0v) is 9.53. The summed E-state index contributed by atoms with van der Waals surface area (Å²) >= 11 is 0. The van der Waals surface area contributed by atoms with E-state index in [0.29, 0.717) is 11.5 Å². The molecule has 1 aromatic carbocycles. The van der Waals surface area contributed by atoms with Gasteiger partial charge in [-0.15, -0.1) is 0 Å². The van der Waals surface area contributed by atoms with Gasteiger partial charge in [-0.1, -0.05) is 6.07 Å². The minimum atomic E-state index is -0.260. The van der Waals surface area contributed by atoms with Gasteiger partial charge < -0.3 is 10.5 Å². The van der Waals surface area contributed by atoms with Gasteiger partial charge in [0.05, 0.1) is 12.7 Å². The highest BCUT2D eigenvalue weighted by atomic mass is 16.5. The number of rotatable bonds is 2. The Morgan fingerprint density at radius 3 is 3.00 bits per heavy atom. The molecule has 0 fully saturated rings. The van der Waals surface area contributed by atoms with Gasteiger partial charge >= 0.3 is 5.97 Å². The summed E-state index contributed by atoms with van der Waals surface area (Å²) in [6.07, 6.45) is 3.17. The second-order valence-electron chi connectivity index (χ2n) is 4.32. The Morgan fingerprint density at radius 1 is 1.50 bits per heavy atom. The average molecular weight is 219 g/mol. The highest BCUT2D eigenvalue weighted by Gasteiger charge is 2.18. The molecule has 0 bridgehead atoms. The minimum Gasteiger partial charge on any atom is -0.465 e. The van der Waals surface area contributed by atoms with Gasteiger partial charge in [0, 0.05) is 0 Å². The number of carbonyl (C=O) groups excluding carboxylic acids is 1. The lowest BCUT2D eigenvalue weighted by atomic mass is 9.83. The SMILES string of the molecule is COC(=O)c1ccc2c(c1)CCC(CN)C2. The van der Waals surface area contributed by atoms with Crippen LogP contribution in [0, 0.1) is 5.92 Å². The molecule has 1 aromatic rings. The summed E-state index contributed by atoms with van der Waals surface area (Å²) in [6.45, 7) is 0.748. The fraction of sp³-hybridized carbons (Fsp3) is 0.462. The van der Waals surface area contributed by atoms with Crippen LogP contribution in [0.4, 0.5) is 0 Å². The minimum absolute atomic E-state index is 0.260. The number of hydrogen-bond donors (Lipinski definition) is 1. The first-order chi connectivity index (χ1) is 7.74. The van der Waals surface area contributed by atoms with E-state index in [4.69, 9.17) is 10.5 Å². The van der Waals surface area contributed by atoms with Crippen LogP contribution in [0.5, 0.6) is 0 Å². The number of methoxy groups -OCH3 is 1. The predicted octanol–water partition coefficient (Wildman–Crippen LogP) is 1.54. The molecule has 1 unspecified atom stereocenters. The van der Waals surface area contributed by atoms with Crippen molar-refractivity contribution in [3.63, 3.8) is 0 Å². The van der Waals surface area contributed by atoms with E-state index in [9.17, 15) is 4.79 Å². The molecule has 16 heavy (non-hydrogen) atoms. The molecule has 2 N–H and O–H groups in total. The lowest BCUT2D eigenvalue weighted by Crippen LogP contribution is -2.22. The fourth-order valence-electron chi connectivity index (χ4n) is 2.28. The standard InChI is InChI=1S/C13H17NO2/c1-16-13(15)12-5-4-10-6-9(8-14)2-3-11(10)7-12/h4-5,7,9H,2-3,6,8,14H2,1H3. The number of benzene rings is 1. The number of hydrogen-bond acceptors (Lipinski definition) is 3. The van der Waals surface area contributed by atoms with Crippen LogP contribution in [0.1, 0.15) is 27.9 Å². The van der Waals surface area contributed by atoms with E-state index in [1.54, 1.807) is 0 Å². The number of fused-ring (bicyclic) bond motifs is 1. The summed E-state index contributed by atoms with van der Waals surface area (Å²) in [5, 5.41) is 0. The van der Waals surface area contributed by atoms with Crippen molar-refractivity contribution in [3.05, 3.63) is 34.9 Å².